The van der Waals surface area contributed by atoms with Gasteiger partial charge in [0.05, 0.1) is 11.7 Å². The summed E-state index contributed by atoms with van der Waals surface area (Å²) >= 11 is 0. The van der Waals surface area contributed by atoms with Crippen LogP contribution in [0.4, 0.5) is 10.6 Å². The van der Waals surface area contributed by atoms with E-state index in [1.54, 1.807) is 0 Å². The number of carbonyl (C=O) groups is 2. The zero-order valence-electron chi connectivity index (χ0n) is 14.4. The first-order valence-corrected chi connectivity index (χ1v) is 7.65. The number of nitrogens with one attached hydrogen (secondary N) is 2. The zero-order valence-corrected chi connectivity index (χ0v) is 14.4. The van der Waals surface area contributed by atoms with Gasteiger partial charge in [0.15, 0.2) is 5.82 Å². The highest BCUT2D eigenvalue weighted by atomic mass is 16.4. The molecule has 2 aromatic rings. The zero-order chi connectivity index (χ0) is 18.6. The van der Waals surface area contributed by atoms with E-state index >= 15 is 0 Å². The van der Waals surface area contributed by atoms with Crippen LogP contribution in [-0.2, 0) is 16.9 Å². The number of carboxylic acids is 1. The minimum absolute atomic E-state index is 0.172. The Morgan fingerprint density at radius 3 is 2.72 bits per heavy atom. The van der Waals surface area contributed by atoms with Gasteiger partial charge in [-0.25, -0.2) is 9.48 Å². The average molecular weight is 343 g/mol. The van der Waals surface area contributed by atoms with Crippen molar-refractivity contribution in [3.63, 3.8) is 0 Å². The Morgan fingerprint density at radius 1 is 1.36 bits per heavy atom. The van der Waals surface area contributed by atoms with Gasteiger partial charge in [-0.1, -0.05) is 35.6 Å². The summed E-state index contributed by atoms with van der Waals surface area (Å²) < 4.78 is 1.12. The Bertz CT molecular complexity index is 810. The predicted molar refractivity (Wildman–Crippen MR) is 94.0 cm³/mol. The van der Waals surface area contributed by atoms with Crippen LogP contribution in [0.3, 0.4) is 0 Å². The minimum atomic E-state index is -1.04. The monoisotopic (exact) mass is 343 g/mol. The number of allylic oxidation sites excluding steroid dienone is 1. The van der Waals surface area contributed by atoms with Gasteiger partial charge in [0.2, 0.25) is 0 Å². The number of hydrogen-bond acceptors (Lipinski definition) is 4. The number of aliphatic carboxylic acids is 1. The predicted octanol–water partition coefficient (Wildman–Crippen LogP) is 2.45. The molecule has 1 aromatic heterocycles. The number of amides is 2. The molecule has 1 heterocycles. The molecule has 0 radical (unpaired) electrons. The lowest BCUT2D eigenvalue weighted by atomic mass is 9.92. The molecule has 0 aliphatic carbocycles. The van der Waals surface area contributed by atoms with Crippen molar-refractivity contribution in [3.8, 4) is 0 Å². The van der Waals surface area contributed by atoms with E-state index in [2.05, 4.69) is 27.5 Å². The van der Waals surface area contributed by atoms with E-state index in [0.29, 0.717) is 0 Å². The van der Waals surface area contributed by atoms with E-state index in [0.717, 1.165) is 21.4 Å². The fourth-order valence-electron chi connectivity index (χ4n) is 2.25. The highest BCUT2D eigenvalue weighted by Gasteiger charge is 2.23. The Balaban J connectivity index is 2.05. The minimum Gasteiger partial charge on any atom is -0.480 e. The van der Waals surface area contributed by atoms with Crippen LogP contribution in [-0.4, -0.2) is 32.1 Å². The second-order valence-electron chi connectivity index (χ2n) is 6.26. The number of carbonyl (C=O) groups excluding carboxylic acids is 1. The maximum absolute atomic E-state index is 12.2. The summed E-state index contributed by atoms with van der Waals surface area (Å²) in [4.78, 5) is 22.8. The van der Waals surface area contributed by atoms with E-state index in [1.807, 2.05) is 45.0 Å². The van der Waals surface area contributed by atoms with E-state index in [1.165, 1.54) is 6.20 Å². The molecule has 3 N–H and O–H groups in total. The van der Waals surface area contributed by atoms with Gasteiger partial charge in [0, 0.05) is 0 Å². The second-order valence-corrected chi connectivity index (χ2v) is 6.26. The molecule has 0 unspecified atom stereocenters. The summed E-state index contributed by atoms with van der Waals surface area (Å²) in [5.74, 6) is -0.871. The molecule has 2 rings (SSSR count). The molecular formula is C17H21N5O3. The summed E-state index contributed by atoms with van der Waals surface area (Å²) in [7, 11) is 0. The number of nitrogens with zero attached hydrogens (tertiary/aromatic N) is 3. The first kappa shape index (κ1) is 18.2. The summed E-state index contributed by atoms with van der Waals surface area (Å²) in [5, 5.41) is 21.5. The lowest BCUT2D eigenvalue weighted by Crippen LogP contribution is -2.43. The van der Waals surface area contributed by atoms with Gasteiger partial charge in [0.25, 0.3) is 0 Å². The lowest BCUT2D eigenvalue weighted by molar-refractivity contribution is -0.137. The van der Waals surface area contributed by atoms with E-state index in [-0.39, 0.29) is 12.4 Å². The van der Waals surface area contributed by atoms with Crippen molar-refractivity contribution in [2.24, 2.45) is 0 Å². The highest BCUT2D eigenvalue weighted by molar-refractivity contribution is 5.88. The van der Waals surface area contributed by atoms with Gasteiger partial charge in [-0.3, -0.25) is 10.1 Å². The first-order valence-electron chi connectivity index (χ1n) is 7.65. The number of rotatable bonds is 6. The molecule has 2 amide bonds. The number of benzene rings is 1. The van der Waals surface area contributed by atoms with Crippen LogP contribution in [0.15, 0.2) is 37.0 Å². The van der Waals surface area contributed by atoms with Crippen LogP contribution in [0.1, 0.15) is 31.9 Å². The van der Waals surface area contributed by atoms with Crippen molar-refractivity contribution >= 4 is 23.4 Å². The molecule has 0 fully saturated rings. The Labute approximate surface area is 145 Å². The molecule has 0 atom stereocenters. The van der Waals surface area contributed by atoms with Crippen LogP contribution < -0.4 is 10.6 Å². The number of anilines is 1. The van der Waals surface area contributed by atoms with Crippen molar-refractivity contribution in [2.75, 3.05) is 5.32 Å². The van der Waals surface area contributed by atoms with Gasteiger partial charge in [-0.15, -0.1) is 5.10 Å². The topological polar surface area (TPSA) is 109 Å². The standard InChI is InChI=1S/C17H21N5O3/c1-11(2)12-6-5-7-13(8-12)17(3,4)19-16(25)18-14-9-22(21-20-14)10-15(23)24/h5-9H,1,10H2,2-4H3,(H,23,24)(H2,18,19,25). The second kappa shape index (κ2) is 7.16. The largest absolute Gasteiger partial charge is 0.480 e. The van der Waals surface area contributed by atoms with Crippen molar-refractivity contribution in [3.05, 3.63) is 48.2 Å². The SMILES string of the molecule is C=C(C)c1cccc(C(C)(C)NC(=O)Nc2cn(CC(=O)O)nn2)c1. The molecule has 25 heavy (non-hydrogen) atoms. The Morgan fingerprint density at radius 2 is 2.08 bits per heavy atom. The quantitative estimate of drug-likeness (QED) is 0.746. The van der Waals surface area contributed by atoms with Crippen molar-refractivity contribution in [1.82, 2.24) is 20.3 Å². The third kappa shape index (κ3) is 4.90. The molecule has 0 saturated heterocycles. The highest BCUT2D eigenvalue weighted by Crippen LogP contribution is 2.23. The molecule has 0 bridgehead atoms. The average Bonchev–Trinajstić information content (AvgIpc) is 2.92. The molecule has 0 aliphatic heterocycles. The van der Waals surface area contributed by atoms with Crippen molar-refractivity contribution < 1.29 is 14.7 Å². The molecule has 1 aromatic carbocycles. The van der Waals surface area contributed by atoms with Crippen molar-refractivity contribution in [1.29, 1.82) is 0 Å². The first-order chi connectivity index (χ1) is 11.7. The molecule has 0 aliphatic rings. The van der Waals surface area contributed by atoms with E-state index in [4.69, 9.17) is 5.11 Å². The molecule has 0 saturated carbocycles. The van der Waals surface area contributed by atoms with Gasteiger partial charge in [0.1, 0.15) is 6.54 Å². The van der Waals surface area contributed by atoms with Crippen LogP contribution in [0, 0.1) is 0 Å². The summed E-state index contributed by atoms with van der Waals surface area (Å²) in [5.41, 5.74) is 2.24. The van der Waals surface area contributed by atoms with Gasteiger partial charge < -0.3 is 10.4 Å². The molecule has 8 heteroatoms. The molecule has 8 nitrogen and oxygen atoms in total. The summed E-state index contributed by atoms with van der Waals surface area (Å²) in [6, 6.07) is 7.32. The number of aromatic nitrogens is 3. The maximum atomic E-state index is 12.2. The van der Waals surface area contributed by atoms with E-state index in [9.17, 15) is 9.59 Å². The van der Waals surface area contributed by atoms with E-state index < -0.39 is 17.5 Å². The smallest absolute Gasteiger partial charge is 0.325 e. The van der Waals surface area contributed by atoms with Crippen LogP contribution >= 0.6 is 0 Å². The van der Waals surface area contributed by atoms with Gasteiger partial charge in [-0.2, -0.15) is 0 Å². The van der Waals surface area contributed by atoms with Gasteiger partial charge >= 0.3 is 12.0 Å². The summed E-state index contributed by atoms with van der Waals surface area (Å²) in [6.07, 6.45) is 1.35. The molecular weight excluding hydrogens is 322 g/mol. The third-order valence-corrected chi connectivity index (χ3v) is 3.58. The van der Waals surface area contributed by atoms with Crippen LogP contribution in [0.25, 0.3) is 5.57 Å². The van der Waals surface area contributed by atoms with Gasteiger partial charge in [-0.05, 0) is 38.0 Å². The lowest BCUT2D eigenvalue weighted by Gasteiger charge is -2.27. The third-order valence-electron chi connectivity index (χ3n) is 3.58. The Kier molecular flexibility index (Phi) is 5.21. The summed E-state index contributed by atoms with van der Waals surface area (Å²) in [6.45, 7) is 9.29. The van der Waals surface area contributed by atoms with Crippen LogP contribution in [0.2, 0.25) is 0 Å². The number of urea groups is 1. The normalized spacial score (nSPS) is 11.0. The van der Waals surface area contributed by atoms with Crippen molar-refractivity contribution in [2.45, 2.75) is 32.9 Å². The Hall–Kier alpha value is -3.16. The molecule has 132 valence electrons. The molecule has 0 spiro atoms. The number of carboxylic acid groups (broad SMARTS) is 1. The van der Waals surface area contributed by atoms with Crippen LogP contribution in [0.5, 0.6) is 0 Å². The fraction of sp³-hybridized carbons (Fsp3) is 0.294. The maximum Gasteiger partial charge on any atom is 0.325 e. The number of hydrogen-bond donors (Lipinski definition) is 3. The fourth-order valence-corrected chi connectivity index (χ4v) is 2.25.